The molecular formula is C23H21F3N2O4. The minimum Gasteiger partial charge on any atom is -0.469 e. The van der Waals surface area contributed by atoms with Crippen molar-refractivity contribution in [2.45, 2.75) is 19.1 Å². The third-order valence-corrected chi connectivity index (χ3v) is 5.02. The molecule has 32 heavy (non-hydrogen) atoms. The molecule has 1 aromatic heterocycles. The zero-order valence-electron chi connectivity index (χ0n) is 17.2. The molecule has 0 aliphatic carbocycles. The molecule has 3 rings (SSSR count). The summed E-state index contributed by atoms with van der Waals surface area (Å²) in [5.41, 5.74) is -1.80. The Morgan fingerprint density at radius 3 is 2.47 bits per heavy atom. The van der Waals surface area contributed by atoms with E-state index in [0.717, 1.165) is 28.6 Å². The van der Waals surface area contributed by atoms with Crippen LogP contribution in [0.15, 0.2) is 65.6 Å². The molecule has 0 saturated heterocycles. The van der Waals surface area contributed by atoms with Gasteiger partial charge in [0.25, 0.3) is 5.56 Å². The Balaban J connectivity index is 1.68. The van der Waals surface area contributed by atoms with E-state index in [1.54, 1.807) is 0 Å². The lowest BCUT2D eigenvalue weighted by molar-refractivity contribution is -0.145. The Morgan fingerprint density at radius 1 is 1.06 bits per heavy atom. The molecule has 0 radical (unpaired) electrons. The molecule has 168 valence electrons. The van der Waals surface area contributed by atoms with Crippen molar-refractivity contribution in [3.05, 3.63) is 82.3 Å². The number of nitrogens with one attached hydrogen (secondary N) is 1. The summed E-state index contributed by atoms with van der Waals surface area (Å²) in [6.45, 7) is -0.696. The van der Waals surface area contributed by atoms with Crippen LogP contribution in [0.1, 0.15) is 11.1 Å². The van der Waals surface area contributed by atoms with Crippen molar-refractivity contribution in [1.82, 2.24) is 9.88 Å². The normalized spacial score (nSPS) is 12.4. The highest BCUT2D eigenvalue weighted by atomic mass is 19.4. The number of rotatable bonds is 7. The van der Waals surface area contributed by atoms with Crippen LogP contribution in [-0.4, -0.2) is 30.1 Å². The second-order valence-corrected chi connectivity index (χ2v) is 7.26. The number of aromatic nitrogens is 1. The molecule has 0 saturated carbocycles. The molecule has 0 spiro atoms. The number of esters is 1. The van der Waals surface area contributed by atoms with Crippen molar-refractivity contribution in [2.24, 2.45) is 5.92 Å². The van der Waals surface area contributed by atoms with Crippen LogP contribution in [0.2, 0.25) is 0 Å². The van der Waals surface area contributed by atoms with Crippen molar-refractivity contribution >= 4 is 22.6 Å². The second kappa shape index (κ2) is 9.67. The Morgan fingerprint density at radius 2 is 1.78 bits per heavy atom. The summed E-state index contributed by atoms with van der Waals surface area (Å²) < 4.78 is 44.2. The summed E-state index contributed by atoms with van der Waals surface area (Å²) in [5, 5.41) is 4.56. The number of amides is 1. The van der Waals surface area contributed by atoms with Gasteiger partial charge in [-0.2, -0.15) is 13.2 Å². The van der Waals surface area contributed by atoms with Crippen LogP contribution in [0.5, 0.6) is 0 Å². The summed E-state index contributed by atoms with van der Waals surface area (Å²) in [6.07, 6.45) is -3.42. The van der Waals surface area contributed by atoms with E-state index in [-0.39, 0.29) is 6.54 Å². The molecule has 1 atom stereocenters. The SMILES string of the molecule is COC(=O)C(CNC(=O)Cn1cccc(C(F)(F)F)c1=O)Cc1ccc2ccccc2c1. The molecule has 1 unspecified atom stereocenters. The van der Waals surface area contributed by atoms with Crippen molar-refractivity contribution in [3.63, 3.8) is 0 Å². The molecule has 0 bridgehead atoms. The smallest absolute Gasteiger partial charge is 0.421 e. The van der Waals surface area contributed by atoms with Gasteiger partial charge < -0.3 is 14.6 Å². The van der Waals surface area contributed by atoms with Crippen LogP contribution in [0.25, 0.3) is 10.8 Å². The minimum atomic E-state index is -4.81. The number of carbonyl (C=O) groups excluding carboxylic acids is 2. The number of alkyl halides is 3. The van der Waals surface area contributed by atoms with E-state index >= 15 is 0 Å². The lowest BCUT2D eigenvalue weighted by atomic mass is 9.97. The van der Waals surface area contributed by atoms with Gasteiger partial charge in [0.15, 0.2) is 0 Å². The molecule has 1 heterocycles. The molecule has 0 aliphatic rings. The number of benzene rings is 2. The van der Waals surface area contributed by atoms with Crippen molar-refractivity contribution < 1.29 is 27.5 Å². The standard InChI is InChI=1S/C23H21F3N2O4/c1-32-22(31)18(12-15-8-9-16-5-2-3-6-17(16)11-15)13-27-20(29)14-28-10-4-7-19(21(28)30)23(24,25)26/h2-11,18H,12-14H2,1H3,(H,27,29). The zero-order valence-corrected chi connectivity index (χ0v) is 17.2. The maximum absolute atomic E-state index is 12.9. The van der Waals surface area contributed by atoms with Crippen molar-refractivity contribution in [1.29, 1.82) is 0 Å². The number of methoxy groups -OCH3 is 1. The summed E-state index contributed by atoms with van der Waals surface area (Å²) in [4.78, 5) is 36.5. The number of ether oxygens (including phenoxy) is 1. The van der Waals surface area contributed by atoms with E-state index in [0.29, 0.717) is 17.1 Å². The first-order valence-electron chi connectivity index (χ1n) is 9.78. The summed E-state index contributed by atoms with van der Waals surface area (Å²) in [6, 6.07) is 15.2. The van der Waals surface area contributed by atoms with Crippen LogP contribution in [-0.2, 0) is 33.5 Å². The largest absolute Gasteiger partial charge is 0.469 e. The fraction of sp³-hybridized carbons (Fsp3) is 0.261. The van der Waals surface area contributed by atoms with Crippen LogP contribution < -0.4 is 10.9 Å². The second-order valence-electron chi connectivity index (χ2n) is 7.26. The third-order valence-electron chi connectivity index (χ3n) is 5.02. The summed E-state index contributed by atoms with van der Waals surface area (Å²) in [5.74, 6) is -1.93. The Kier molecular flexibility index (Phi) is 6.97. The van der Waals surface area contributed by atoms with Crippen molar-refractivity contribution in [3.8, 4) is 0 Å². The topological polar surface area (TPSA) is 77.4 Å². The first-order valence-corrected chi connectivity index (χ1v) is 9.78. The van der Waals surface area contributed by atoms with Crippen LogP contribution in [0.4, 0.5) is 13.2 Å². The van der Waals surface area contributed by atoms with Gasteiger partial charge in [-0.1, -0.05) is 42.5 Å². The quantitative estimate of drug-likeness (QED) is 0.566. The van der Waals surface area contributed by atoms with Gasteiger partial charge in [-0.05, 0) is 34.9 Å². The number of pyridine rings is 1. The van der Waals surface area contributed by atoms with Gasteiger partial charge in [-0.3, -0.25) is 14.4 Å². The number of nitrogens with zero attached hydrogens (tertiary/aromatic N) is 1. The van der Waals surface area contributed by atoms with E-state index in [4.69, 9.17) is 4.74 Å². The average molecular weight is 446 g/mol. The number of carbonyl (C=O) groups is 2. The number of fused-ring (bicyclic) bond motifs is 1. The highest BCUT2D eigenvalue weighted by Crippen LogP contribution is 2.26. The summed E-state index contributed by atoms with van der Waals surface area (Å²) in [7, 11) is 1.24. The maximum Gasteiger partial charge on any atom is 0.421 e. The lowest BCUT2D eigenvalue weighted by Gasteiger charge is -2.16. The molecular weight excluding hydrogens is 425 g/mol. The van der Waals surface area contributed by atoms with E-state index in [2.05, 4.69) is 5.32 Å². The molecule has 9 heteroatoms. The highest BCUT2D eigenvalue weighted by molar-refractivity contribution is 5.83. The summed E-state index contributed by atoms with van der Waals surface area (Å²) >= 11 is 0. The number of halogens is 3. The molecule has 1 N–H and O–H groups in total. The maximum atomic E-state index is 12.9. The molecule has 6 nitrogen and oxygen atoms in total. The molecule has 3 aromatic rings. The van der Waals surface area contributed by atoms with E-state index < -0.39 is 41.6 Å². The Hall–Kier alpha value is -3.62. The number of hydrogen-bond donors (Lipinski definition) is 1. The Bertz CT molecular complexity index is 1190. The van der Waals surface area contributed by atoms with E-state index in [1.165, 1.54) is 7.11 Å². The van der Waals surface area contributed by atoms with Crippen LogP contribution in [0.3, 0.4) is 0 Å². The molecule has 1 amide bonds. The third kappa shape index (κ3) is 5.54. The van der Waals surface area contributed by atoms with Crippen LogP contribution >= 0.6 is 0 Å². The first-order chi connectivity index (χ1) is 15.2. The van der Waals surface area contributed by atoms with Gasteiger partial charge in [-0.15, -0.1) is 0 Å². The predicted molar refractivity (Wildman–Crippen MR) is 112 cm³/mol. The monoisotopic (exact) mass is 446 g/mol. The molecule has 0 fully saturated rings. The minimum absolute atomic E-state index is 0.0912. The molecule has 2 aromatic carbocycles. The van der Waals surface area contributed by atoms with E-state index in [1.807, 2.05) is 42.5 Å². The van der Waals surface area contributed by atoms with Gasteiger partial charge >= 0.3 is 12.1 Å². The van der Waals surface area contributed by atoms with Gasteiger partial charge in [0.05, 0.1) is 13.0 Å². The van der Waals surface area contributed by atoms with Gasteiger partial charge in [0.2, 0.25) is 5.91 Å². The van der Waals surface area contributed by atoms with Gasteiger partial charge in [0.1, 0.15) is 12.1 Å². The Labute approximate surface area is 181 Å². The fourth-order valence-electron chi connectivity index (χ4n) is 3.38. The predicted octanol–water partition coefficient (Wildman–Crippen LogP) is 3.17. The highest BCUT2D eigenvalue weighted by Gasteiger charge is 2.34. The number of hydrogen-bond acceptors (Lipinski definition) is 4. The fourth-order valence-corrected chi connectivity index (χ4v) is 3.38. The first kappa shape index (κ1) is 23.1. The van der Waals surface area contributed by atoms with E-state index in [9.17, 15) is 27.6 Å². The van der Waals surface area contributed by atoms with Gasteiger partial charge in [-0.25, -0.2) is 0 Å². The average Bonchev–Trinajstić information content (AvgIpc) is 2.76. The zero-order chi connectivity index (χ0) is 23.3. The van der Waals surface area contributed by atoms with Crippen LogP contribution in [0, 0.1) is 5.92 Å². The molecule has 0 aliphatic heterocycles. The van der Waals surface area contributed by atoms with Crippen molar-refractivity contribution in [2.75, 3.05) is 13.7 Å². The lowest BCUT2D eigenvalue weighted by Crippen LogP contribution is -2.38. The van der Waals surface area contributed by atoms with Gasteiger partial charge in [0, 0.05) is 12.7 Å².